The second-order valence-electron chi connectivity index (χ2n) is 7.08. The molecule has 0 atom stereocenters. The van der Waals surface area contributed by atoms with Crippen LogP contribution in [0, 0.1) is 0 Å². The lowest BCUT2D eigenvalue weighted by atomic mass is 9.74. The summed E-state index contributed by atoms with van der Waals surface area (Å²) in [5, 5.41) is 3.54. The number of benzene rings is 2. The first-order valence-corrected chi connectivity index (χ1v) is 8.94. The Kier molecular flexibility index (Phi) is 3.86. The number of fused-ring (bicyclic) bond motifs is 2. The van der Waals surface area contributed by atoms with Crippen molar-refractivity contribution in [1.82, 2.24) is 5.32 Å². The first-order chi connectivity index (χ1) is 11.3. The van der Waals surface area contributed by atoms with Crippen LogP contribution in [0.4, 0.5) is 5.69 Å². The fourth-order valence-electron chi connectivity index (χ4n) is 4.32. The van der Waals surface area contributed by atoms with Gasteiger partial charge in [-0.25, -0.2) is 0 Å². The minimum absolute atomic E-state index is 0.362. The number of nitrogens with zero attached hydrogens (tertiary/aromatic N) is 1. The second-order valence-corrected chi connectivity index (χ2v) is 7.08. The molecule has 1 saturated heterocycles. The van der Waals surface area contributed by atoms with Crippen LogP contribution in [0.2, 0.25) is 0 Å². The number of hydrogen-bond acceptors (Lipinski definition) is 2. The largest absolute Gasteiger partial charge is 0.366 e. The summed E-state index contributed by atoms with van der Waals surface area (Å²) in [7, 11) is 0. The van der Waals surface area contributed by atoms with Gasteiger partial charge in [0.1, 0.15) is 0 Å². The van der Waals surface area contributed by atoms with E-state index in [0.717, 1.165) is 26.1 Å². The van der Waals surface area contributed by atoms with Gasteiger partial charge in [0.05, 0.1) is 0 Å². The van der Waals surface area contributed by atoms with Gasteiger partial charge in [0.15, 0.2) is 0 Å². The van der Waals surface area contributed by atoms with Crippen molar-refractivity contribution in [3.05, 3.63) is 65.2 Å². The Hall–Kier alpha value is -1.80. The summed E-state index contributed by atoms with van der Waals surface area (Å²) in [4.78, 5) is 2.61. The van der Waals surface area contributed by atoms with E-state index in [0.29, 0.717) is 5.41 Å². The average Bonchev–Trinajstić information content (AvgIpc) is 2.89. The topological polar surface area (TPSA) is 15.3 Å². The molecular formula is C21H26N2. The predicted molar refractivity (Wildman–Crippen MR) is 97.1 cm³/mol. The molecule has 0 radical (unpaired) electrons. The molecule has 2 nitrogen and oxygen atoms in total. The lowest BCUT2D eigenvalue weighted by molar-refractivity contribution is 0.325. The molecule has 1 N–H and O–H groups in total. The van der Waals surface area contributed by atoms with Crippen molar-refractivity contribution < 1.29 is 0 Å². The second kappa shape index (κ2) is 6.01. The van der Waals surface area contributed by atoms with E-state index >= 15 is 0 Å². The highest BCUT2D eigenvalue weighted by Gasteiger charge is 2.43. The van der Waals surface area contributed by atoms with Gasteiger partial charge in [0.2, 0.25) is 0 Å². The summed E-state index contributed by atoms with van der Waals surface area (Å²) in [6.07, 6.45) is 3.65. The monoisotopic (exact) mass is 306 g/mol. The number of nitrogens with one attached hydrogen (secondary N) is 1. The molecule has 1 fully saturated rings. The van der Waals surface area contributed by atoms with E-state index in [9.17, 15) is 0 Å². The minimum atomic E-state index is 0.362. The molecule has 4 rings (SSSR count). The highest BCUT2D eigenvalue weighted by atomic mass is 15.2. The van der Waals surface area contributed by atoms with Crippen LogP contribution in [0.1, 0.15) is 36.5 Å². The van der Waals surface area contributed by atoms with Crippen LogP contribution in [0.5, 0.6) is 0 Å². The van der Waals surface area contributed by atoms with Crippen molar-refractivity contribution in [2.24, 2.45) is 0 Å². The lowest BCUT2D eigenvalue weighted by Gasteiger charge is -2.35. The maximum absolute atomic E-state index is 3.54. The molecule has 2 heteroatoms. The molecule has 0 saturated carbocycles. The van der Waals surface area contributed by atoms with Crippen LogP contribution < -0.4 is 10.2 Å². The molecule has 2 aromatic carbocycles. The van der Waals surface area contributed by atoms with E-state index in [-0.39, 0.29) is 0 Å². The normalized spacial score (nSPS) is 19.1. The Bertz CT molecular complexity index is 671. The molecule has 120 valence electrons. The summed E-state index contributed by atoms with van der Waals surface area (Å²) in [6.45, 7) is 6.75. The van der Waals surface area contributed by atoms with Gasteiger partial charge >= 0.3 is 0 Å². The Morgan fingerprint density at radius 3 is 2.52 bits per heavy atom. The van der Waals surface area contributed by atoms with E-state index in [1.807, 2.05) is 0 Å². The quantitative estimate of drug-likeness (QED) is 0.925. The van der Waals surface area contributed by atoms with E-state index in [2.05, 4.69) is 65.7 Å². The van der Waals surface area contributed by atoms with Gasteiger partial charge in [-0.3, -0.25) is 0 Å². The number of aryl methyl sites for hydroxylation is 1. The van der Waals surface area contributed by atoms with E-state index in [4.69, 9.17) is 0 Å². The Labute approximate surface area is 139 Å². The standard InChI is InChI=1S/C21H26N2/c1-2-17-8-9-20-19(14-17)21(10-12-22-13-11-21)16-23(20)15-18-6-4-3-5-7-18/h3-9,14,22H,2,10-13,15-16H2,1H3. The van der Waals surface area contributed by atoms with E-state index in [1.54, 1.807) is 5.56 Å². The summed E-state index contributed by atoms with van der Waals surface area (Å²) >= 11 is 0. The van der Waals surface area contributed by atoms with Gasteiger partial charge in [-0.2, -0.15) is 0 Å². The molecule has 2 heterocycles. The Morgan fingerprint density at radius 2 is 1.78 bits per heavy atom. The van der Waals surface area contributed by atoms with Gasteiger partial charge in [0.25, 0.3) is 0 Å². The zero-order valence-electron chi connectivity index (χ0n) is 14.0. The molecule has 0 amide bonds. The fraction of sp³-hybridized carbons (Fsp3) is 0.429. The van der Waals surface area contributed by atoms with Crippen LogP contribution in [-0.4, -0.2) is 19.6 Å². The number of anilines is 1. The summed E-state index contributed by atoms with van der Waals surface area (Å²) < 4.78 is 0. The van der Waals surface area contributed by atoms with Gasteiger partial charge in [-0.15, -0.1) is 0 Å². The number of rotatable bonds is 3. The van der Waals surface area contributed by atoms with Gasteiger partial charge in [-0.05, 0) is 55.1 Å². The van der Waals surface area contributed by atoms with Crippen LogP contribution in [0.3, 0.4) is 0 Å². The minimum Gasteiger partial charge on any atom is -0.366 e. The van der Waals surface area contributed by atoms with Crippen LogP contribution in [0.25, 0.3) is 0 Å². The zero-order valence-corrected chi connectivity index (χ0v) is 14.0. The van der Waals surface area contributed by atoms with Gasteiger partial charge in [0, 0.05) is 24.2 Å². The fourth-order valence-corrected chi connectivity index (χ4v) is 4.32. The molecule has 0 aliphatic carbocycles. The number of piperidine rings is 1. The summed E-state index contributed by atoms with van der Waals surface area (Å²) in [6, 6.07) is 18.1. The van der Waals surface area contributed by atoms with Gasteiger partial charge in [-0.1, -0.05) is 49.4 Å². The van der Waals surface area contributed by atoms with Crippen LogP contribution in [-0.2, 0) is 18.4 Å². The predicted octanol–water partition coefficient (Wildman–Crippen LogP) is 3.89. The van der Waals surface area contributed by atoms with Crippen molar-refractivity contribution in [3.8, 4) is 0 Å². The highest BCUT2D eigenvalue weighted by Crippen LogP contribution is 2.46. The highest BCUT2D eigenvalue weighted by molar-refractivity contribution is 5.64. The molecule has 1 spiro atoms. The smallest absolute Gasteiger partial charge is 0.0429 e. The Morgan fingerprint density at radius 1 is 1.00 bits per heavy atom. The van der Waals surface area contributed by atoms with Crippen molar-refractivity contribution in [3.63, 3.8) is 0 Å². The SMILES string of the molecule is CCc1ccc2c(c1)C1(CCNCC1)CN2Cc1ccccc1. The van der Waals surface area contributed by atoms with Crippen molar-refractivity contribution in [2.45, 2.75) is 38.1 Å². The average molecular weight is 306 g/mol. The van der Waals surface area contributed by atoms with Crippen LogP contribution in [0.15, 0.2) is 48.5 Å². The van der Waals surface area contributed by atoms with E-state index in [1.165, 1.54) is 36.2 Å². The third kappa shape index (κ3) is 2.66. The van der Waals surface area contributed by atoms with E-state index < -0.39 is 0 Å². The van der Waals surface area contributed by atoms with Crippen molar-refractivity contribution in [1.29, 1.82) is 0 Å². The molecule has 0 bridgehead atoms. The summed E-state index contributed by atoms with van der Waals surface area (Å²) in [5.74, 6) is 0. The lowest BCUT2D eigenvalue weighted by Crippen LogP contribution is -2.43. The van der Waals surface area contributed by atoms with Crippen LogP contribution >= 0.6 is 0 Å². The van der Waals surface area contributed by atoms with Crippen molar-refractivity contribution in [2.75, 3.05) is 24.5 Å². The van der Waals surface area contributed by atoms with Gasteiger partial charge < -0.3 is 10.2 Å². The molecule has 2 aromatic rings. The molecule has 0 unspecified atom stereocenters. The molecule has 2 aliphatic heterocycles. The maximum Gasteiger partial charge on any atom is 0.0429 e. The third-order valence-corrected chi connectivity index (χ3v) is 5.65. The molecule has 23 heavy (non-hydrogen) atoms. The first kappa shape index (κ1) is 14.8. The molecular weight excluding hydrogens is 280 g/mol. The van der Waals surface area contributed by atoms with Crippen molar-refractivity contribution >= 4 is 5.69 Å². The number of hydrogen-bond donors (Lipinski definition) is 1. The Balaban J connectivity index is 1.71. The first-order valence-electron chi connectivity index (χ1n) is 8.94. The zero-order chi connectivity index (χ0) is 15.7. The molecule has 2 aliphatic rings. The summed E-state index contributed by atoms with van der Waals surface area (Å²) in [5.41, 5.74) is 6.31. The molecule has 0 aromatic heterocycles. The third-order valence-electron chi connectivity index (χ3n) is 5.65. The maximum atomic E-state index is 3.54.